The highest BCUT2D eigenvalue weighted by molar-refractivity contribution is 5.95. The van der Waals surface area contributed by atoms with Gasteiger partial charge in [0, 0.05) is 25.3 Å². The summed E-state index contributed by atoms with van der Waals surface area (Å²) in [4.78, 5) is 11.3. The van der Waals surface area contributed by atoms with Crippen LogP contribution in [0.3, 0.4) is 0 Å². The van der Waals surface area contributed by atoms with Crippen molar-refractivity contribution in [2.45, 2.75) is 20.3 Å². The quantitative estimate of drug-likeness (QED) is 0.593. The molecule has 4 nitrogen and oxygen atoms in total. The number of anilines is 1. The van der Waals surface area contributed by atoms with Crippen molar-refractivity contribution in [2.75, 3.05) is 25.1 Å². The third-order valence-electron chi connectivity index (χ3n) is 2.53. The van der Waals surface area contributed by atoms with Gasteiger partial charge in [0.2, 0.25) is 0 Å². The van der Waals surface area contributed by atoms with Gasteiger partial charge in [-0.1, -0.05) is 0 Å². The Hall–Kier alpha value is -1.86. The highest BCUT2D eigenvalue weighted by Crippen LogP contribution is 2.17. The molecule has 1 rings (SSSR count). The fraction of sp³-hybridized carbons (Fsp3) is 0.429. The zero-order valence-corrected chi connectivity index (χ0v) is 10.8. The smallest absolute Gasteiger partial charge is 0.159 e. The van der Waals surface area contributed by atoms with Crippen LogP contribution in [0, 0.1) is 11.3 Å². The summed E-state index contributed by atoms with van der Waals surface area (Å²) in [6.07, 6.45) is 0.864. The molecule has 0 aromatic heterocycles. The maximum atomic E-state index is 11.3. The average molecular weight is 246 g/mol. The Balaban J connectivity index is 2.65. The lowest BCUT2D eigenvalue weighted by Gasteiger charge is -2.09. The molecular formula is C14H18N2O2. The third kappa shape index (κ3) is 4.19. The van der Waals surface area contributed by atoms with Gasteiger partial charge in [-0.25, -0.2) is 0 Å². The third-order valence-corrected chi connectivity index (χ3v) is 2.53. The van der Waals surface area contributed by atoms with E-state index in [2.05, 4.69) is 11.4 Å². The topological polar surface area (TPSA) is 62.1 Å². The van der Waals surface area contributed by atoms with E-state index in [1.54, 1.807) is 18.2 Å². The molecule has 0 saturated carbocycles. The SMILES string of the molecule is CCOCCCNc1cc(C(C)=O)ccc1C#N. The molecule has 0 saturated heterocycles. The van der Waals surface area contributed by atoms with E-state index in [0.717, 1.165) is 13.0 Å². The van der Waals surface area contributed by atoms with Crippen LogP contribution in [0.5, 0.6) is 0 Å². The van der Waals surface area contributed by atoms with E-state index in [9.17, 15) is 4.79 Å². The van der Waals surface area contributed by atoms with Gasteiger partial charge < -0.3 is 10.1 Å². The lowest BCUT2D eigenvalue weighted by Crippen LogP contribution is -2.07. The molecular weight excluding hydrogens is 228 g/mol. The van der Waals surface area contributed by atoms with Gasteiger partial charge in [0.25, 0.3) is 0 Å². The molecule has 0 atom stereocenters. The molecule has 1 aromatic rings. The van der Waals surface area contributed by atoms with Crippen molar-refractivity contribution in [3.8, 4) is 6.07 Å². The molecule has 4 heteroatoms. The van der Waals surface area contributed by atoms with Crippen molar-refractivity contribution >= 4 is 11.5 Å². The number of ketones is 1. The lowest BCUT2D eigenvalue weighted by molar-refractivity contribution is 0.101. The summed E-state index contributed by atoms with van der Waals surface area (Å²) in [5, 5.41) is 12.2. The second kappa shape index (κ2) is 7.46. The standard InChI is InChI=1S/C14H18N2O2/c1-3-18-8-4-7-16-14-9-12(11(2)17)5-6-13(14)10-15/h5-6,9,16H,3-4,7-8H2,1-2H3. The van der Waals surface area contributed by atoms with Crippen LogP contribution in [0.1, 0.15) is 36.2 Å². The Labute approximate surface area is 108 Å². The average Bonchev–Trinajstić information content (AvgIpc) is 2.38. The van der Waals surface area contributed by atoms with E-state index in [1.165, 1.54) is 6.92 Å². The number of rotatable bonds is 7. The van der Waals surface area contributed by atoms with Gasteiger partial charge in [0.05, 0.1) is 11.3 Å². The number of ether oxygens (including phenoxy) is 1. The first-order chi connectivity index (χ1) is 8.69. The van der Waals surface area contributed by atoms with Gasteiger partial charge in [0.15, 0.2) is 5.78 Å². The highest BCUT2D eigenvalue weighted by atomic mass is 16.5. The van der Waals surface area contributed by atoms with Crippen LogP contribution in [-0.2, 0) is 4.74 Å². The molecule has 0 fully saturated rings. The lowest BCUT2D eigenvalue weighted by atomic mass is 10.1. The monoisotopic (exact) mass is 246 g/mol. The van der Waals surface area contributed by atoms with Crippen LogP contribution in [0.4, 0.5) is 5.69 Å². The molecule has 0 unspecified atom stereocenters. The number of nitrogens with one attached hydrogen (secondary N) is 1. The predicted molar refractivity (Wildman–Crippen MR) is 70.8 cm³/mol. The van der Waals surface area contributed by atoms with Gasteiger partial charge in [0.1, 0.15) is 6.07 Å². The van der Waals surface area contributed by atoms with Crippen LogP contribution in [-0.4, -0.2) is 25.5 Å². The van der Waals surface area contributed by atoms with E-state index in [1.807, 2.05) is 6.92 Å². The maximum absolute atomic E-state index is 11.3. The zero-order chi connectivity index (χ0) is 13.4. The Bertz CT molecular complexity index is 450. The summed E-state index contributed by atoms with van der Waals surface area (Å²) >= 11 is 0. The molecule has 0 bridgehead atoms. The molecule has 1 aromatic carbocycles. The van der Waals surface area contributed by atoms with E-state index >= 15 is 0 Å². The Morgan fingerprint density at radius 3 is 2.89 bits per heavy atom. The largest absolute Gasteiger partial charge is 0.384 e. The van der Waals surface area contributed by atoms with Crippen LogP contribution in [0.15, 0.2) is 18.2 Å². The second-order valence-corrected chi connectivity index (χ2v) is 3.91. The molecule has 0 spiro atoms. The van der Waals surface area contributed by atoms with Crippen molar-refractivity contribution < 1.29 is 9.53 Å². The molecule has 96 valence electrons. The normalized spacial score (nSPS) is 9.83. The van der Waals surface area contributed by atoms with Gasteiger partial charge in [-0.3, -0.25) is 4.79 Å². The summed E-state index contributed by atoms with van der Waals surface area (Å²) < 4.78 is 5.23. The second-order valence-electron chi connectivity index (χ2n) is 3.91. The summed E-state index contributed by atoms with van der Waals surface area (Å²) in [6, 6.07) is 7.17. The first-order valence-electron chi connectivity index (χ1n) is 6.05. The first-order valence-corrected chi connectivity index (χ1v) is 6.05. The van der Waals surface area contributed by atoms with Crippen LogP contribution < -0.4 is 5.32 Å². The number of benzene rings is 1. The van der Waals surface area contributed by atoms with E-state index < -0.39 is 0 Å². The van der Waals surface area contributed by atoms with Gasteiger partial charge in [-0.05, 0) is 38.5 Å². The van der Waals surface area contributed by atoms with Gasteiger partial charge in [-0.15, -0.1) is 0 Å². The van der Waals surface area contributed by atoms with Crippen LogP contribution in [0.2, 0.25) is 0 Å². The van der Waals surface area contributed by atoms with Gasteiger partial charge >= 0.3 is 0 Å². The Morgan fingerprint density at radius 2 is 2.28 bits per heavy atom. The van der Waals surface area contributed by atoms with Gasteiger partial charge in [-0.2, -0.15) is 5.26 Å². The maximum Gasteiger partial charge on any atom is 0.159 e. The Morgan fingerprint density at radius 1 is 1.50 bits per heavy atom. The summed E-state index contributed by atoms with van der Waals surface area (Å²) in [5.74, 6) is -0.00291. The summed E-state index contributed by atoms with van der Waals surface area (Å²) in [6.45, 7) is 5.59. The zero-order valence-electron chi connectivity index (χ0n) is 10.8. The number of hydrogen-bond acceptors (Lipinski definition) is 4. The minimum atomic E-state index is -0.00291. The summed E-state index contributed by atoms with van der Waals surface area (Å²) in [5.41, 5.74) is 1.87. The van der Waals surface area contributed by atoms with Crippen LogP contribution >= 0.6 is 0 Å². The number of hydrogen-bond donors (Lipinski definition) is 1. The van der Waals surface area contributed by atoms with Crippen molar-refractivity contribution in [2.24, 2.45) is 0 Å². The number of Topliss-reactive ketones (excluding diaryl/α,β-unsaturated/α-hetero) is 1. The minimum absolute atomic E-state index is 0.00291. The van der Waals surface area contributed by atoms with Crippen molar-refractivity contribution in [3.63, 3.8) is 0 Å². The molecule has 0 radical (unpaired) electrons. The number of nitriles is 1. The van der Waals surface area contributed by atoms with E-state index in [4.69, 9.17) is 10.00 Å². The number of carbonyl (C=O) groups is 1. The molecule has 0 aliphatic heterocycles. The Kier molecular flexibility index (Phi) is 5.89. The highest BCUT2D eigenvalue weighted by Gasteiger charge is 2.05. The molecule has 0 aliphatic rings. The van der Waals surface area contributed by atoms with Crippen molar-refractivity contribution in [1.29, 1.82) is 5.26 Å². The van der Waals surface area contributed by atoms with Crippen LogP contribution in [0.25, 0.3) is 0 Å². The minimum Gasteiger partial charge on any atom is -0.384 e. The van der Waals surface area contributed by atoms with Crippen molar-refractivity contribution in [1.82, 2.24) is 0 Å². The molecule has 0 amide bonds. The van der Waals surface area contributed by atoms with Crippen molar-refractivity contribution in [3.05, 3.63) is 29.3 Å². The summed E-state index contributed by atoms with van der Waals surface area (Å²) in [7, 11) is 0. The number of carbonyl (C=O) groups excluding carboxylic acids is 1. The molecule has 18 heavy (non-hydrogen) atoms. The van der Waals surface area contributed by atoms with E-state index in [-0.39, 0.29) is 5.78 Å². The fourth-order valence-electron chi connectivity index (χ4n) is 1.55. The van der Waals surface area contributed by atoms with E-state index in [0.29, 0.717) is 30.0 Å². The fourth-order valence-corrected chi connectivity index (χ4v) is 1.55. The predicted octanol–water partition coefficient (Wildman–Crippen LogP) is 2.60. The molecule has 0 heterocycles. The number of nitrogens with zero attached hydrogens (tertiary/aromatic N) is 1. The molecule has 1 N–H and O–H groups in total. The first kappa shape index (κ1) is 14.2. The molecule has 0 aliphatic carbocycles.